The van der Waals surface area contributed by atoms with Gasteiger partial charge in [-0.1, -0.05) is 58.3 Å². The van der Waals surface area contributed by atoms with Crippen LogP contribution >= 0.6 is 0 Å². The van der Waals surface area contributed by atoms with Crippen LogP contribution < -0.4 is 29.6 Å². The summed E-state index contributed by atoms with van der Waals surface area (Å²) in [5.74, 6) is 0.953. The van der Waals surface area contributed by atoms with Gasteiger partial charge in [0.15, 0.2) is 0 Å². The van der Waals surface area contributed by atoms with Crippen molar-refractivity contribution >= 4 is 12.6 Å². The van der Waals surface area contributed by atoms with Gasteiger partial charge in [-0.15, -0.1) is 0 Å². The molecule has 0 nitrogen and oxygen atoms in total. The maximum absolute atomic E-state index is 4.87. The normalized spacial score (nSPS) is 9.50. The molecule has 0 aliphatic carbocycles. The topological polar surface area (TPSA) is 0 Å². The van der Waals surface area contributed by atoms with E-state index in [1.54, 1.807) is 0 Å². The Hall–Kier alpha value is 1.35. The van der Waals surface area contributed by atoms with E-state index in [0.717, 1.165) is 5.75 Å². The molecular formula is C10H21NaS. The van der Waals surface area contributed by atoms with Gasteiger partial charge in [0.1, 0.15) is 0 Å². The fourth-order valence-electron chi connectivity index (χ4n) is 1.24. The summed E-state index contributed by atoms with van der Waals surface area (Å²) in [5.41, 5.74) is 0. The van der Waals surface area contributed by atoms with E-state index < -0.39 is 0 Å². The van der Waals surface area contributed by atoms with Crippen molar-refractivity contribution < 1.29 is 29.6 Å². The third-order valence-corrected chi connectivity index (χ3v) is 2.29. The van der Waals surface area contributed by atoms with Crippen molar-refractivity contribution in [3.63, 3.8) is 0 Å². The molecular weight excluding hydrogens is 175 g/mol. The molecule has 68 valence electrons. The molecule has 0 saturated heterocycles. The van der Waals surface area contributed by atoms with Crippen molar-refractivity contribution in [2.24, 2.45) is 0 Å². The summed E-state index contributed by atoms with van der Waals surface area (Å²) in [6.45, 7) is 2.26. The van der Waals surface area contributed by atoms with Gasteiger partial charge in [0.2, 0.25) is 0 Å². The summed E-state index contributed by atoms with van der Waals surface area (Å²) in [6, 6.07) is 0. The molecule has 0 bridgehead atoms. The van der Waals surface area contributed by atoms with E-state index in [1.807, 2.05) is 0 Å². The van der Waals surface area contributed by atoms with Gasteiger partial charge in [-0.05, 0) is 0 Å². The average molecular weight is 196 g/mol. The fourth-order valence-corrected chi connectivity index (χ4v) is 1.44. The summed E-state index contributed by atoms with van der Waals surface area (Å²) in [6.07, 6.45) is 11.1. The minimum atomic E-state index is 0. The molecule has 0 aliphatic rings. The van der Waals surface area contributed by atoms with E-state index in [-0.39, 0.29) is 29.6 Å². The van der Waals surface area contributed by atoms with E-state index in [2.05, 4.69) is 6.92 Å². The summed E-state index contributed by atoms with van der Waals surface area (Å²) in [4.78, 5) is 0. The minimum Gasteiger partial charge on any atom is -0.793 e. The second-order valence-electron chi connectivity index (χ2n) is 3.18. The van der Waals surface area contributed by atoms with Crippen LogP contribution in [-0.4, -0.2) is 5.75 Å². The van der Waals surface area contributed by atoms with Crippen molar-refractivity contribution in [2.45, 2.75) is 58.3 Å². The van der Waals surface area contributed by atoms with Gasteiger partial charge < -0.3 is 12.6 Å². The zero-order valence-corrected chi connectivity index (χ0v) is 11.6. The van der Waals surface area contributed by atoms with Crippen molar-refractivity contribution in [1.29, 1.82) is 0 Å². The van der Waals surface area contributed by atoms with Crippen LogP contribution in [0.3, 0.4) is 0 Å². The van der Waals surface area contributed by atoms with Crippen LogP contribution in [0.4, 0.5) is 0 Å². The predicted molar refractivity (Wildman–Crippen MR) is 54.8 cm³/mol. The van der Waals surface area contributed by atoms with Crippen molar-refractivity contribution in [3.05, 3.63) is 0 Å². The molecule has 0 unspecified atom stereocenters. The van der Waals surface area contributed by atoms with Gasteiger partial charge in [0.25, 0.3) is 0 Å². The molecule has 0 fully saturated rings. The van der Waals surface area contributed by atoms with Crippen LogP contribution in [0.2, 0.25) is 0 Å². The van der Waals surface area contributed by atoms with E-state index >= 15 is 0 Å². The van der Waals surface area contributed by atoms with Crippen LogP contribution in [0.15, 0.2) is 0 Å². The Bertz CT molecular complexity index is 58.9. The second-order valence-corrected chi connectivity index (χ2v) is 3.59. The van der Waals surface area contributed by atoms with Crippen LogP contribution in [-0.2, 0) is 12.6 Å². The van der Waals surface area contributed by atoms with Gasteiger partial charge in [-0.3, -0.25) is 0 Å². The Balaban J connectivity index is 0. The van der Waals surface area contributed by atoms with Crippen LogP contribution in [0.25, 0.3) is 0 Å². The second kappa shape index (κ2) is 14.9. The first-order chi connectivity index (χ1) is 5.41. The number of rotatable bonds is 8. The van der Waals surface area contributed by atoms with E-state index in [4.69, 9.17) is 12.6 Å². The SMILES string of the molecule is CCCCCCCCCC[S-].[Na+]. The fraction of sp³-hybridized carbons (Fsp3) is 1.00. The largest absolute Gasteiger partial charge is 1.00 e. The van der Waals surface area contributed by atoms with E-state index in [1.165, 1.54) is 51.4 Å². The van der Waals surface area contributed by atoms with Crippen molar-refractivity contribution in [3.8, 4) is 0 Å². The van der Waals surface area contributed by atoms with Crippen LogP contribution in [0.5, 0.6) is 0 Å². The monoisotopic (exact) mass is 196 g/mol. The molecule has 0 aromatic heterocycles. The Morgan fingerprint density at radius 1 is 0.750 bits per heavy atom. The molecule has 0 radical (unpaired) electrons. The first-order valence-electron chi connectivity index (χ1n) is 5.00. The van der Waals surface area contributed by atoms with Crippen LogP contribution in [0, 0.1) is 0 Å². The Labute approximate surface area is 106 Å². The first kappa shape index (κ1) is 15.8. The minimum absolute atomic E-state index is 0. The average Bonchev–Trinajstić information content (AvgIpc) is 2.03. The van der Waals surface area contributed by atoms with Gasteiger partial charge >= 0.3 is 29.6 Å². The molecule has 2 heteroatoms. The number of hydrogen-bond acceptors (Lipinski definition) is 1. The van der Waals surface area contributed by atoms with Crippen LogP contribution in [0.1, 0.15) is 58.3 Å². The molecule has 0 aromatic carbocycles. The smallest absolute Gasteiger partial charge is 0.793 e. The predicted octanol–water partition coefficient (Wildman–Crippen LogP) is 0.678. The van der Waals surface area contributed by atoms with Gasteiger partial charge in [-0.2, -0.15) is 5.75 Å². The maximum Gasteiger partial charge on any atom is 1.00 e. The molecule has 0 atom stereocenters. The molecule has 0 aromatic rings. The molecule has 12 heavy (non-hydrogen) atoms. The third kappa shape index (κ3) is 13.9. The first-order valence-corrected chi connectivity index (χ1v) is 5.57. The van der Waals surface area contributed by atoms with Gasteiger partial charge in [0.05, 0.1) is 0 Å². The summed E-state index contributed by atoms with van der Waals surface area (Å²) < 4.78 is 0. The summed E-state index contributed by atoms with van der Waals surface area (Å²) in [7, 11) is 0. The number of unbranched alkanes of at least 4 members (excludes halogenated alkanes) is 7. The molecule has 0 N–H and O–H groups in total. The molecule has 0 amide bonds. The maximum atomic E-state index is 4.87. The van der Waals surface area contributed by atoms with Gasteiger partial charge in [-0.25, -0.2) is 0 Å². The number of hydrogen-bond donors (Lipinski definition) is 0. The quantitative estimate of drug-likeness (QED) is 0.312. The molecule has 0 rings (SSSR count). The van der Waals surface area contributed by atoms with E-state index in [0.29, 0.717) is 0 Å². The van der Waals surface area contributed by atoms with Crippen molar-refractivity contribution in [2.75, 3.05) is 5.75 Å². The third-order valence-electron chi connectivity index (χ3n) is 2.00. The Morgan fingerprint density at radius 2 is 1.17 bits per heavy atom. The molecule has 0 spiro atoms. The molecule has 0 saturated carbocycles. The zero-order chi connectivity index (χ0) is 8.36. The Kier molecular flexibility index (Phi) is 19.6. The Morgan fingerprint density at radius 3 is 1.58 bits per heavy atom. The zero-order valence-electron chi connectivity index (χ0n) is 8.77. The molecule has 0 heterocycles. The summed E-state index contributed by atoms with van der Waals surface area (Å²) in [5, 5.41) is 0. The standard InChI is InChI=1S/C10H22S.Na/c1-2-3-4-5-6-7-8-9-10-11;/h11H,2-10H2,1H3;/q;+1/p-1. The van der Waals surface area contributed by atoms with Gasteiger partial charge in [0, 0.05) is 0 Å². The summed E-state index contributed by atoms with van der Waals surface area (Å²) >= 11 is 4.87. The van der Waals surface area contributed by atoms with Crippen molar-refractivity contribution in [1.82, 2.24) is 0 Å². The van der Waals surface area contributed by atoms with E-state index in [9.17, 15) is 0 Å². The molecule has 0 aliphatic heterocycles.